The Morgan fingerprint density at radius 2 is 2.18 bits per heavy atom. The quantitative estimate of drug-likeness (QED) is 0.826. The summed E-state index contributed by atoms with van der Waals surface area (Å²) in [5, 5.41) is 3.03. The topological polar surface area (TPSA) is 58.2 Å². The number of nitrogens with one attached hydrogen (secondary N) is 2. The van der Waals surface area contributed by atoms with Crippen molar-refractivity contribution < 1.29 is 8.42 Å². The van der Waals surface area contributed by atoms with Crippen molar-refractivity contribution in [2.24, 2.45) is 5.92 Å². The molecule has 0 aromatic carbocycles. The first-order chi connectivity index (χ1) is 8.03. The summed E-state index contributed by atoms with van der Waals surface area (Å²) >= 11 is 1.53. The van der Waals surface area contributed by atoms with E-state index in [9.17, 15) is 8.42 Å². The van der Waals surface area contributed by atoms with Crippen LogP contribution in [0.25, 0.3) is 0 Å². The smallest absolute Gasteiger partial charge is 0.241 e. The largest absolute Gasteiger partial charge is 0.315 e. The Balaban J connectivity index is 2.12. The summed E-state index contributed by atoms with van der Waals surface area (Å²) in [5.74, 6) is 0.556. The second-order valence-electron chi connectivity index (χ2n) is 4.46. The number of aryl methyl sites for hydroxylation is 1. The fourth-order valence-corrected chi connectivity index (χ4v) is 4.44. The first kappa shape index (κ1) is 13.0. The summed E-state index contributed by atoms with van der Waals surface area (Å²) in [5.41, 5.74) is 0. The van der Waals surface area contributed by atoms with Gasteiger partial charge in [0.05, 0.1) is 4.90 Å². The van der Waals surface area contributed by atoms with Crippen molar-refractivity contribution >= 4 is 21.4 Å². The lowest BCUT2D eigenvalue weighted by Crippen LogP contribution is -2.25. The minimum atomic E-state index is -3.31. The minimum absolute atomic E-state index is 0.438. The Hall–Kier alpha value is -0.430. The van der Waals surface area contributed by atoms with Gasteiger partial charge in [-0.1, -0.05) is 0 Å². The molecule has 96 valence electrons. The third-order valence-corrected chi connectivity index (χ3v) is 5.55. The van der Waals surface area contributed by atoms with Crippen LogP contribution in [0, 0.1) is 12.8 Å². The standard InChI is InChI=1S/C11H18N2O2S2/c1-8-11(5-10(16-8)7-12-2)17(14,15)13-6-9-3-4-9/h5,9,12-13H,3-4,6-7H2,1-2H3. The third-order valence-electron chi connectivity index (χ3n) is 2.82. The number of sulfonamides is 1. The molecule has 0 saturated heterocycles. The van der Waals surface area contributed by atoms with Crippen LogP contribution in [0.3, 0.4) is 0 Å². The third kappa shape index (κ3) is 3.28. The molecule has 2 N–H and O–H groups in total. The van der Waals surface area contributed by atoms with Gasteiger partial charge in [-0.25, -0.2) is 13.1 Å². The van der Waals surface area contributed by atoms with Gasteiger partial charge in [-0.3, -0.25) is 0 Å². The Bertz CT molecular complexity index is 490. The highest BCUT2D eigenvalue weighted by Gasteiger charge is 2.25. The minimum Gasteiger partial charge on any atom is -0.315 e. The summed E-state index contributed by atoms with van der Waals surface area (Å²) in [6, 6.07) is 1.77. The maximum Gasteiger partial charge on any atom is 0.241 e. The van der Waals surface area contributed by atoms with Gasteiger partial charge in [0.25, 0.3) is 0 Å². The first-order valence-corrected chi connectivity index (χ1v) is 8.06. The predicted molar refractivity (Wildman–Crippen MR) is 69.7 cm³/mol. The molecule has 6 heteroatoms. The van der Waals surface area contributed by atoms with Crippen LogP contribution in [0.15, 0.2) is 11.0 Å². The molecular weight excluding hydrogens is 256 g/mol. The highest BCUT2D eigenvalue weighted by atomic mass is 32.2. The lowest BCUT2D eigenvalue weighted by atomic mass is 10.4. The van der Waals surface area contributed by atoms with Crippen LogP contribution in [0.5, 0.6) is 0 Å². The lowest BCUT2D eigenvalue weighted by molar-refractivity contribution is 0.577. The van der Waals surface area contributed by atoms with Gasteiger partial charge < -0.3 is 5.32 Å². The zero-order valence-corrected chi connectivity index (χ0v) is 11.7. The molecule has 0 aliphatic heterocycles. The zero-order chi connectivity index (χ0) is 12.5. The van der Waals surface area contributed by atoms with E-state index in [-0.39, 0.29) is 0 Å². The van der Waals surface area contributed by atoms with Gasteiger partial charge in [-0.2, -0.15) is 0 Å². The number of rotatable bonds is 6. The van der Waals surface area contributed by atoms with E-state index in [1.54, 1.807) is 6.07 Å². The van der Waals surface area contributed by atoms with E-state index in [4.69, 9.17) is 0 Å². The molecule has 1 heterocycles. The number of hydrogen-bond donors (Lipinski definition) is 2. The van der Waals surface area contributed by atoms with E-state index in [0.29, 0.717) is 23.9 Å². The van der Waals surface area contributed by atoms with E-state index in [1.165, 1.54) is 11.3 Å². The fraction of sp³-hybridized carbons (Fsp3) is 0.636. The molecule has 0 unspecified atom stereocenters. The lowest BCUT2D eigenvalue weighted by Gasteiger charge is -2.04. The Morgan fingerprint density at radius 1 is 1.47 bits per heavy atom. The fourth-order valence-electron chi connectivity index (χ4n) is 1.68. The summed E-state index contributed by atoms with van der Waals surface area (Å²) in [6.45, 7) is 3.15. The molecule has 2 rings (SSSR count). The highest BCUT2D eigenvalue weighted by Crippen LogP contribution is 2.29. The normalized spacial score (nSPS) is 16.4. The van der Waals surface area contributed by atoms with E-state index < -0.39 is 10.0 Å². The monoisotopic (exact) mass is 274 g/mol. The van der Waals surface area contributed by atoms with Crippen molar-refractivity contribution in [1.29, 1.82) is 0 Å². The van der Waals surface area contributed by atoms with Crippen molar-refractivity contribution in [3.8, 4) is 0 Å². The molecule has 1 saturated carbocycles. The van der Waals surface area contributed by atoms with Crippen LogP contribution >= 0.6 is 11.3 Å². The van der Waals surface area contributed by atoms with Gasteiger partial charge in [0, 0.05) is 22.8 Å². The van der Waals surface area contributed by atoms with Crippen molar-refractivity contribution in [1.82, 2.24) is 10.0 Å². The maximum absolute atomic E-state index is 12.1. The Labute approximate surface area is 106 Å². The number of thiophene rings is 1. The summed E-state index contributed by atoms with van der Waals surface area (Å²) in [4.78, 5) is 2.35. The molecule has 4 nitrogen and oxygen atoms in total. The van der Waals surface area contributed by atoms with Crippen LogP contribution in [0.2, 0.25) is 0 Å². The van der Waals surface area contributed by atoms with Gasteiger partial charge >= 0.3 is 0 Å². The molecule has 1 fully saturated rings. The van der Waals surface area contributed by atoms with Gasteiger partial charge in [0.2, 0.25) is 10.0 Å². The second-order valence-corrected chi connectivity index (χ2v) is 7.54. The van der Waals surface area contributed by atoms with Crippen LogP contribution in [-0.4, -0.2) is 22.0 Å². The molecule has 1 aromatic rings. The second kappa shape index (κ2) is 5.06. The number of hydrogen-bond acceptors (Lipinski definition) is 4. The van der Waals surface area contributed by atoms with Gasteiger partial charge in [-0.05, 0) is 38.8 Å². The molecule has 1 aliphatic carbocycles. The molecule has 0 bridgehead atoms. The average Bonchev–Trinajstić information content (AvgIpc) is 3.00. The van der Waals surface area contributed by atoms with Gasteiger partial charge in [0.15, 0.2) is 0 Å². The van der Waals surface area contributed by atoms with E-state index in [1.807, 2.05) is 14.0 Å². The molecule has 0 atom stereocenters. The van der Waals surface area contributed by atoms with Crippen LogP contribution in [-0.2, 0) is 16.6 Å². The van der Waals surface area contributed by atoms with Crippen LogP contribution in [0.1, 0.15) is 22.6 Å². The van der Waals surface area contributed by atoms with Crippen molar-refractivity contribution in [3.63, 3.8) is 0 Å². The van der Waals surface area contributed by atoms with Gasteiger partial charge in [0.1, 0.15) is 0 Å². The van der Waals surface area contributed by atoms with E-state index in [0.717, 1.165) is 22.6 Å². The molecule has 0 radical (unpaired) electrons. The summed E-state index contributed by atoms with van der Waals surface area (Å²) < 4.78 is 26.8. The molecule has 0 amide bonds. The van der Waals surface area contributed by atoms with Crippen molar-refractivity contribution in [3.05, 3.63) is 15.8 Å². The predicted octanol–water partition coefficient (Wildman–Crippen LogP) is 1.46. The Morgan fingerprint density at radius 3 is 2.76 bits per heavy atom. The average molecular weight is 274 g/mol. The molecule has 0 spiro atoms. The van der Waals surface area contributed by atoms with Crippen LogP contribution < -0.4 is 10.0 Å². The SMILES string of the molecule is CNCc1cc(S(=O)(=O)NCC2CC2)c(C)s1. The molecular formula is C11H18N2O2S2. The molecule has 17 heavy (non-hydrogen) atoms. The van der Waals surface area contributed by atoms with E-state index >= 15 is 0 Å². The summed E-state index contributed by atoms with van der Waals surface area (Å²) in [7, 11) is -1.46. The van der Waals surface area contributed by atoms with Crippen LogP contribution in [0.4, 0.5) is 0 Å². The molecule has 1 aliphatic rings. The van der Waals surface area contributed by atoms with E-state index in [2.05, 4.69) is 10.0 Å². The van der Waals surface area contributed by atoms with Crippen molar-refractivity contribution in [2.45, 2.75) is 31.2 Å². The highest BCUT2D eigenvalue weighted by molar-refractivity contribution is 7.89. The van der Waals surface area contributed by atoms with Crippen molar-refractivity contribution in [2.75, 3.05) is 13.6 Å². The first-order valence-electron chi connectivity index (χ1n) is 5.76. The molecule has 1 aromatic heterocycles. The maximum atomic E-state index is 12.1. The summed E-state index contributed by atoms with van der Waals surface area (Å²) in [6.07, 6.45) is 2.30. The Kier molecular flexibility index (Phi) is 3.87. The zero-order valence-electron chi connectivity index (χ0n) is 10.1. The van der Waals surface area contributed by atoms with Gasteiger partial charge in [-0.15, -0.1) is 11.3 Å².